The largest absolute Gasteiger partial charge is 0.481 e. The molecule has 2 N–H and O–H groups in total. The average Bonchev–Trinajstić information content (AvgIpc) is 2.44. The molecule has 0 fully saturated rings. The van der Waals surface area contributed by atoms with Gasteiger partial charge in [0.2, 0.25) is 0 Å². The van der Waals surface area contributed by atoms with Gasteiger partial charge < -0.3 is 10.2 Å². The number of aliphatic hydroxyl groups is 1. The maximum Gasteiger partial charge on any atom is 0.304 e. The number of benzene rings is 1. The Balaban J connectivity index is 2.78. The van der Waals surface area contributed by atoms with Crippen molar-refractivity contribution in [2.75, 3.05) is 19.7 Å². The van der Waals surface area contributed by atoms with Crippen LogP contribution in [0.25, 0.3) is 0 Å². The summed E-state index contributed by atoms with van der Waals surface area (Å²) in [4.78, 5) is 13.1. The van der Waals surface area contributed by atoms with E-state index in [0.717, 1.165) is 18.5 Å². The highest BCUT2D eigenvalue weighted by atomic mass is 16.4. The van der Waals surface area contributed by atoms with Crippen LogP contribution in [-0.2, 0) is 17.6 Å². The zero-order valence-corrected chi connectivity index (χ0v) is 12.4. The number of hydrogen-bond donors (Lipinski definition) is 2. The summed E-state index contributed by atoms with van der Waals surface area (Å²) in [6.07, 6.45) is 1.80. The van der Waals surface area contributed by atoms with E-state index in [2.05, 4.69) is 31.2 Å². The van der Waals surface area contributed by atoms with Gasteiger partial charge in [0.15, 0.2) is 0 Å². The number of likely N-dealkylation sites (N-methyl/N-ethyl adjacent to an activating group) is 1. The number of nitrogens with zero attached hydrogens (tertiary/aromatic N) is 1. The van der Waals surface area contributed by atoms with Crippen LogP contribution in [0.15, 0.2) is 24.3 Å². The molecule has 1 rings (SSSR count). The van der Waals surface area contributed by atoms with Crippen molar-refractivity contribution in [1.29, 1.82) is 0 Å². The van der Waals surface area contributed by atoms with Gasteiger partial charge in [0.1, 0.15) is 0 Å². The first kappa shape index (κ1) is 16.7. The highest BCUT2D eigenvalue weighted by Gasteiger charge is 2.20. The van der Waals surface area contributed by atoms with Crippen LogP contribution < -0.4 is 0 Å². The lowest BCUT2D eigenvalue weighted by molar-refractivity contribution is -0.138. The summed E-state index contributed by atoms with van der Waals surface area (Å²) in [5, 5.41) is 18.2. The highest BCUT2D eigenvalue weighted by Crippen LogP contribution is 2.14. The van der Waals surface area contributed by atoms with E-state index in [9.17, 15) is 4.79 Å². The zero-order valence-electron chi connectivity index (χ0n) is 12.4. The maximum absolute atomic E-state index is 11.0. The normalized spacial score (nSPS) is 12.6. The van der Waals surface area contributed by atoms with Gasteiger partial charge in [-0.2, -0.15) is 0 Å². The number of rotatable bonds is 9. The Morgan fingerprint density at radius 1 is 1.20 bits per heavy atom. The van der Waals surface area contributed by atoms with Gasteiger partial charge in [-0.3, -0.25) is 9.69 Å². The van der Waals surface area contributed by atoms with Gasteiger partial charge in [0, 0.05) is 12.6 Å². The maximum atomic E-state index is 11.0. The van der Waals surface area contributed by atoms with Crippen LogP contribution in [0.2, 0.25) is 0 Å². The fourth-order valence-electron chi connectivity index (χ4n) is 2.44. The predicted octanol–water partition coefficient (Wildman–Crippen LogP) is 1.95. The fraction of sp³-hybridized carbons (Fsp3) is 0.562. The molecule has 1 unspecified atom stereocenters. The molecule has 0 radical (unpaired) electrons. The molecule has 0 bridgehead atoms. The van der Waals surface area contributed by atoms with Crippen molar-refractivity contribution in [2.24, 2.45) is 0 Å². The molecule has 0 spiro atoms. The lowest BCUT2D eigenvalue weighted by Crippen LogP contribution is -2.40. The number of hydrogen-bond acceptors (Lipinski definition) is 3. The Morgan fingerprint density at radius 3 is 2.25 bits per heavy atom. The molecule has 20 heavy (non-hydrogen) atoms. The van der Waals surface area contributed by atoms with Gasteiger partial charge in [-0.25, -0.2) is 0 Å². The van der Waals surface area contributed by atoms with E-state index < -0.39 is 5.97 Å². The molecule has 0 aromatic heterocycles. The molecule has 0 amide bonds. The molecule has 4 nitrogen and oxygen atoms in total. The predicted molar refractivity (Wildman–Crippen MR) is 79.9 cm³/mol. The third-order valence-corrected chi connectivity index (χ3v) is 3.62. The molecule has 0 aliphatic carbocycles. The standard InChI is InChI=1S/C16H25NO3/c1-3-13-5-7-14(8-6-13)11-15(12-16(19)20)17(4-2)9-10-18/h5-8,15,18H,3-4,9-12H2,1-2H3,(H,19,20). The average molecular weight is 279 g/mol. The van der Waals surface area contributed by atoms with Crippen LogP contribution in [0.1, 0.15) is 31.4 Å². The first-order valence-corrected chi connectivity index (χ1v) is 7.25. The number of aliphatic carboxylic acids is 1. The van der Waals surface area contributed by atoms with Crippen molar-refractivity contribution >= 4 is 5.97 Å². The molecular formula is C16H25NO3. The van der Waals surface area contributed by atoms with Gasteiger partial charge in [-0.15, -0.1) is 0 Å². The van der Waals surface area contributed by atoms with E-state index in [1.165, 1.54) is 5.56 Å². The monoisotopic (exact) mass is 279 g/mol. The summed E-state index contributed by atoms with van der Waals surface area (Å²) in [7, 11) is 0. The van der Waals surface area contributed by atoms with Crippen LogP contribution in [0.5, 0.6) is 0 Å². The van der Waals surface area contributed by atoms with Crippen molar-refractivity contribution in [1.82, 2.24) is 4.90 Å². The molecule has 1 aromatic rings. The van der Waals surface area contributed by atoms with Gasteiger partial charge >= 0.3 is 5.97 Å². The second-order valence-electron chi connectivity index (χ2n) is 4.98. The molecule has 0 aliphatic heterocycles. The van der Waals surface area contributed by atoms with E-state index in [4.69, 9.17) is 10.2 Å². The Morgan fingerprint density at radius 2 is 1.80 bits per heavy atom. The van der Waals surface area contributed by atoms with Crippen LogP contribution in [0, 0.1) is 0 Å². The van der Waals surface area contributed by atoms with Crippen molar-refractivity contribution in [2.45, 2.75) is 39.2 Å². The zero-order chi connectivity index (χ0) is 15.0. The third kappa shape index (κ3) is 5.31. The van der Waals surface area contributed by atoms with Gasteiger partial charge in [0.05, 0.1) is 13.0 Å². The number of aliphatic hydroxyl groups excluding tert-OH is 1. The summed E-state index contributed by atoms with van der Waals surface area (Å²) >= 11 is 0. The lowest BCUT2D eigenvalue weighted by Gasteiger charge is -2.29. The Kier molecular flexibility index (Phi) is 7.26. The van der Waals surface area contributed by atoms with Gasteiger partial charge in [-0.1, -0.05) is 38.1 Å². The van der Waals surface area contributed by atoms with Crippen LogP contribution in [0.4, 0.5) is 0 Å². The minimum Gasteiger partial charge on any atom is -0.481 e. The summed E-state index contributed by atoms with van der Waals surface area (Å²) in [5.41, 5.74) is 2.43. The third-order valence-electron chi connectivity index (χ3n) is 3.62. The van der Waals surface area contributed by atoms with E-state index >= 15 is 0 Å². The van der Waals surface area contributed by atoms with Gasteiger partial charge in [-0.05, 0) is 30.5 Å². The molecule has 0 aliphatic rings. The Labute approximate surface area is 121 Å². The van der Waals surface area contributed by atoms with Crippen molar-refractivity contribution < 1.29 is 15.0 Å². The van der Waals surface area contributed by atoms with Crippen molar-refractivity contribution in [3.05, 3.63) is 35.4 Å². The van der Waals surface area contributed by atoms with Crippen LogP contribution >= 0.6 is 0 Å². The van der Waals surface area contributed by atoms with E-state index in [0.29, 0.717) is 13.0 Å². The smallest absolute Gasteiger partial charge is 0.304 e. The highest BCUT2D eigenvalue weighted by molar-refractivity contribution is 5.67. The number of carboxylic acid groups (broad SMARTS) is 1. The fourth-order valence-corrected chi connectivity index (χ4v) is 2.44. The van der Waals surface area contributed by atoms with E-state index in [-0.39, 0.29) is 19.1 Å². The summed E-state index contributed by atoms with van der Waals surface area (Å²) in [6, 6.07) is 8.25. The second kappa shape index (κ2) is 8.72. The van der Waals surface area contributed by atoms with E-state index in [1.54, 1.807) is 0 Å². The molecule has 0 heterocycles. The number of carboxylic acids is 1. The molecule has 1 atom stereocenters. The second-order valence-corrected chi connectivity index (χ2v) is 4.98. The van der Waals surface area contributed by atoms with E-state index in [1.807, 2.05) is 11.8 Å². The molecule has 4 heteroatoms. The first-order valence-electron chi connectivity index (χ1n) is 7.25. The summed E-state index contributed by atoms with van der Waals surface area (Å²) in [5.74, 6) is -0.795. The van der Waals surface area contributed by atoms with Crippen LogP contribution in [-0.4, -0.2) is 46.8 Å². The minimum atomic E-state index is -0.795. The Bertz CT molecular complexity index is 403. The molecule has 1 aromatic carbocycles. The SMILES string of the molecule is CCc1ccc(CC(CC(=O)O)N(CC)CCO)cc1. The summed E-state index contributed by atoms with van der Waals surface area (Å²) < 4.78 is 0. The quantitative estimate of drug-likeness (QED) is 0.725. The molecule has 0 saturated heterocycles. The molecule has 112 valence electrons. The van der Waals surface area contributed by atoms with Crippen molar-refractivity contribution in [3.8, 4) is 0 Å². The molecular weight excluding hydrogens is 254 g/mol. The summed E-state index contributed by atoms with van der Waals surface area (Å²) in [6.45, 7) is 5.42. The van der Waals surface area contributed by atoms with Crippen LogP contribution in [0.3, 0.4) is 0 Å². The number of carbonyl (C=O) groups is 1. The minimum absolute atomic E-state index is 0.0543. The number of aryl methyl sites for hydroxylation is 1. The van der Waals surface area contributed by atoms with Gasteiger partial charge in [0.25, 0.3) is 0 Å². The molecule has 0 saturated carbocycles. The van der Waals surface area contributed by atoms with Crippen molar-refractivity contribution in [3.63, 3.8) is 0 Å². The topological polar surface area (TPSA) is 60.8 Å². The first-order chi connectivity index (χ1) is 9.60. The lowest BCUT2D eigenvalue weighted by atomic mass is 10.00. The Hall–Kier alpha value is -1.39.